The SMILES string of the molecule is CC(C)(C)Sc1ccccc1C1Nc2ccccc2S1. The Morgan fingerprint density at radius 1 is 1.00 bits per heavy atom. The van der Waals surface area contributed by atoms with E-state index in [0.29, 0.717) is 5.37 Å². The molecule has 2 aromatic rings. The molecule has 0 aliphatic carbocycles. The van der Waals surface area contributed by atoms with Gasteiger partial charge in [0, 0.05) is 20.2 Å². The molecule has 0 spiro atoms. The van der Waals surface area contributed by atoms with Crippen LogP contribution in [0.2, 0.25) is 0 Å². The van der Waals surface area contributed by atoms with Crippen LogP contribution in [0.3, 0.4) is 0 Å². The third-order valence-electron chi connectivity index (χ3n) is 3.04. The van der Waals surface area contributed by atoms with Crippen LogP contribution < -0.4 is 5.32 Å². The van der Waals surface area contributed by atoms with E-state index >= 15 is 0 Å². The smallest absolute Gasteiger partial charge is 0.104 e. The van der Waals surface area contributed by atoms with Gasteiger partial charge < -0.3 is 5.32 Å². The number of rotatable bonds is 2. The average Bonchev–Trinajstić information content (AvgIpc) is 2.81. The van der Waals surface area contributed by atoms with Gasteiger partial charge in [0.15, 0.2) is 0 Å². The van der Waals surface area contributed by atoms with E-state index < -0.39 is 0 Å². The quantitative estimate of drug-likeness (QED) is 0.705. The third kappa shape index (κ3) is 2.99. The molecular formula is C17H19NS2. The molecule has 2 aromatic carbocycles. The summed E-state index contributed by atoms with van der Waals surface area (Å²) in [5.41, 5.74) is 2.63. The van der Waals surface area contributed by atoms with Crippen molar-refractivity contribution in [1.29, 1.82) is 0 Å². The van der Waals surface area contributed by atoms with Crippen LogP contribution in [0.4, 0.5) is 5.69 Å². The summed E-state index contributed by atoms with van der Waals surface area (Å²) in [6.45, 7) is 6.79. The first kappa shape index (κ1) is 13.9. The fourth-order valence-corrected chi connectivity index (χ4v) is 4.62. The number of thioether (sulfide) groups is 2. The summed E-state index contributed by atoms with van der Waals surface area (Å²) in [6.07, 6.45) is 0. The lowest BCUT2D eigenvalue weighted by Crippen LogP contribution is -2.09. The Balaban J connectivity index is 1.89. The van der Waals surface area contributed by atoms with Crippen LogP contribution in [0, 0.1) is 0 Å². The number of anilines is 1. The minimum absolute atomic E-state index is 0.228. The monoisotopic (exact) mass is 301 g/mol. The van der Waals surface area contributed by atoms with Gasteiger partial charge >= 0.3 is 0 Å². The number of hydrogen-bond donors (Lipinski definition) is 1. The van der Waals surface area contributed by atoms with Gasteiger partial charge in [0.1, 0.15) is 5.37 Å². The summed E-state index contributed by atoms with van der Waals surface area (Å²) in [5, 5.41) is 3.94. The maximum atomic E-state index is 3.63. The van der Waals surface area contributed by atoms with E-state index in [1.165, 1.54) is 21.0 Å². The molecule has 1 aliphatic heterocycles. The molecule has 0 fully saturated rings. The van der Waals surface area contributed by atoms with E-state index in [1.54, 1.807) is 0 Å². The highest BCUT2D eigenvalue weighted by atomic mass is 32.2. The summed E-state index contributed by atoms with van der Waals surface area (Å²) in [6, 6.07) is 17.3. The maximum Gasteiger partial charge on any atom is 0.104 e. The average molecular weight is 301 g/mol. The highest BCUT2D eigenvalue weighted by Gasteiger charge is 2.25. The van der Waals surface area contributed by atoms with E-state index in [2.05, 4.69) is 74.6 Å². The van der Waals surface area contributed by atoms with Gasteiger partial charge in [0.25, 0.3) is 0 Å². The molecule has 1 aliphatic rings. The molecule has 1 heterocycles. The van der Waals surface area contributed by atoms with Crippen LogP contribution in [-0.2, 0) is 0 Å². The zero-order valence-corrected chi connectivity index (χ0v) is 13.6. The summed E-state index contributed by atoms with van der Waals surface area (Å²) >= 11 is 3.84. The standard InChI is InChI=1S/C17H19NS2/c1-17(2,3)20-14-10-6-4-8-12(14)16-18-13-9-5-7-11-15(13)19-16/h4-11,16,18H,1-3H3. The molecule has 0 saturated carbocycles. The Morgan fingerprint density at radius 3 is 2.45 bits per heavy atom. The van der Waals surface area contributed by atoms with Crippen molar-refractivity contribution in [2.45, 2.75) is 40.7 Å². The minimum Gasteiger partial charge on any atom is -0.368 e. The van der Waals surface area contributed by atoms with Crippen molar-refractivity contribution >= 4 is 29.2 Å². The largest absolute Gasteiger partial charge is 0.368 e. The van der Waals surface area contributed by atoms with Crippen LogP contribution in [0.15, 0.2) is 58.3 Å². The molecule has 1 nitrogen and oxygen atoms in total. The number of benzene rings is 2. The highest BCUT2D eigenvalue weighted by molar-refractivity contribution is 8.01. The van der Waals surface area contributed by atoms with Gasteiger partial charge in [-0.15, -0.1) is 11.8 Å². The van der Waals surface area contributed by atoms with Crippen LogP contribution in [0.5, 0.6) is 0 Å². The first-order valence-electron chi connectivity index (χ1n) is 6.83. The molecule has 0 saturated heterocycles. The molecule has 104 valence electrons. The normalized spacial score (nSPS) is 17.6. The molecule has 0 radical (unpaired) electrons. The fraction of sp³-hybridized carbons (Fsp3) is 0.294. The van der Waals surface area contributed by atoms with Crippen molar-refractivity contribution < 1.29 is 0 Å². The second kappa shape index (κ2) is 5.38. The number of para-hydroxylation sites is 1. The second-order valence-corrected chi connectivity index (χ2v) is 8.91. The van der Waals surface area contributed by atoms with Gasteiger partial charge in [0.05, 0.1) is 0 Å². The van der Waals surface area contributed by atoms with Crippen LogP contribution in [0.1, 0.15) is 31.7 Å². The molecule has 20 heavy (non-hydrogen) atoms. The van der Waals surface area contributed by atoms with Crippen LogP contribution in [-0.4, -0.2) is 4.75 Å². The van der Waals surface area contributed by atoms with Gasteiger partial charge in [-0.25, -0.2) is 0 Å². The van der Waals surface area contributed by atoms with E-state index in [4.69, 9.17) is 0 Å². The van der Waals surface area contributed by atoms with Gasteiger partial charge in [-0.2, -0.15) is 0 Å². The Bertz CT molecular complexity index is 591. The Morgan fingerprint density at radius 2 is 1.70 bits per heavy atom. The number of fused-ring (bicyclic) bond motifs is 1. The van der Waals surface area contributed by atoms with E-state index in [-0.39, 0.29) is 4.75 Å². The van der Waals surface area contributed by atoms with E-state index in [1.807, 2.05) is 23.5 Å². The molecule has 3 rings (SSSR count). The molecule has 1 atom stereocenters. The van der Waals surface area contributed by atoms with Gasteiger partial charge in [-0.1, -0.05) is 62.9 Å². The first-order valence-corrected chi connectivity index (χ1v) is 8.53. The lowest BCUT2D eigenvalue weighted by Gasteiger charge is -2.22. The van der Waals surface area contributed by atoms with Crippen molar-refractivity contribution in [3.63, 3.8) is 0 Å². The van der Waals surface area contributed by atoms with Crippen LogP contribution in [0.25, 0.3) is 0 Å². The van der Waals surface area contributed by atoms with Gasteiger partial charge in [0.2, 0.25) is 0 Å². The maximum absolute atomic E-state index is 3.63. The number of nitrogens with one attached hydrogen (secondary N) is 1. The molecule has 1 N–H and O–H groups in total. The lowest BCUT2D eigenvalue weighted by atomic mass is 10.2. The molecule has 1 unspecified atom stereocenters. The Kier molecular flexibility index (Phi) is 3.74. The van der Waals surface area contributed by atoms with Gasteiger partial charge in [-0.3, -0.25) is 0 Å². The zero-order valence-electron chi connectivity index (χ0n) is 12.0. The first-order chi connectivity index (χ1) is 9.53. The van der Waals surface area contributed by atoms with Crippen molar-refractivity contribution in [3.8, 4) is 0 Å². The molecule has 0 amide bonds. The highest BCUT2D eigenvalue weighted by Crippen LogP contribution is 2.49. The topological polar surface area (TPSA) is 12.0 Å². The third-order valence-corrected chi connectivity index (χ3v) is 5.46. The van der Waals surface area contributed by atoms with Gasteiger partial charge in [-0.05, 0) is 23.8 Å². The van der Waals surface area contributed by atoms with Crippen molar-refractivity contribution in [3.05, 3.63) is 54.1 Å². The fourth-order valence-electron chi connectivity index (χ4n) is 2.25. The summed E-state index contributed by atoms with van der Waals surface area (Å²) in [4.78, 5) is 2.71. The van der Waals surface area contributed by atoms with Crippen LogP contribution >= 0.6 is 23.5 Å². The van der Waals surface area contributed by atoms with Crippen molar-refractivity contribution in [2.24, 2.45) is 0 Å². The summed E-state index contributed by atoms with van der Waals surface area (Å²) < 4.78 is 0.228. The Labute approximate surface area is 129 Å². The van der Waals surface area contributed by atoms with Crippen molar-refractivity contribution in [1.82, 2.24) is 0 Å². The molecule has 0 aromatic heterocycles. The van der Waals surface area contributed by atoms with Crippen molar-refractivity contribution in [2.75, 3.05) is 5.32 Å². The zero-order chi connectivity index (χ0) is 14.2. The van der Waals surface area contributed by atoms with E-state index in [9.17, 15) is 0 Å². The number of hydrogen-bond acceptors (Lipinski definition) is 3. The lowest BCUT2D eigenvalue weighted by molar-refractivity contribution is 0.801. The van der Waals surface area contributed by atoms with E-state index in [0.717, 1.165) is 0 Å². The molecule has 0 bridgehead atoms. The summed E-state index contributed by atoms with van der Waals surface area (Å²) in [7, 11) is 0. The molecular weight excluding hydrogens is 282 g/mol. The second-order valence-electron chi connectivity index (χ2n) is 5.89. The predicted molar refractivity (Wildman–Crippen MR) is 90.7 cm³/mol. The molecule has 3 heteroatoms. The summed E-state index contributed by atoms with van der Waals surface area (Å²) in [5.74, 6) is 0. The minimum atomic E-state index is 0.228. The predicted octanol–water partition coefficient (Wildman–Crippen LogP) is 5.79. The Hall–Kier alpha value is -1.06.